The van der Waals surface area contributed by atoms with Gasteiger partial charge >= 0.3 is 5.97 Å². The van der Waals surface area contributed by atoms with Gasteiger partial charge in [0.15, 0.2) is 0 Å². The molecule has 1 saturated heterocycles. The number of hydrogen-bond acceptors (Lipinski definition) is 6. The first-order valence-corrected chi connectivity index (χ1v) is 12.9. The molecule has 0 aromatic heterocycles. The summed E-state index contributed by atoms with van der Waals surface area (Å²) in [6.07, 6.45) is 5.16. The maximum atomic E-state index is 13.1. The third-order valence-electron chi connectivity index (χ3n) is 6.19. The molecule has 1 rings (SSSR count). The van der Waals surface area contributed by atoms with Crippen molar-refractivity contribution in [1.82, 2.24) is 21.3 Å². The molecule has 10 heteroatoms. The van der Waals surface area contributed by atoms with E-state index in [0.717, 1.165) is 19.4 Å². The molecular weight excluding hydrogens is 432 g/mol. The van der Waals surface area contributed by atoms with E-state index in [9.17, 15) is 24.3 Å². The molecule has 5 N–H and O–H groups in total. The summed E-state index contributed by atoms with van der Waals surface area (Å²) in [6, 6.07) is -2.99. The smallest absolute Gasteiger partial charge is 0.326 e. The zero-order chi connectivity index (χ0) is 24.3. The van der Waals surface area contributed by atoms with Crippen molar-refractivity contribution in [3.8, 4) is 0 Å². The zero-order valence-corrected chi connectivity index (χ0v) is 20.7. The Balaban J connectivity index is 2.94. The van der Waals surface area contributed by atoms with Crippen LogP contribution < -0.4 is 21.3 Å². The Morgan fingerprint density at radius 2 is 1.62 bits per heavy atom. The van der Waals surface area contributed by atoms with Crippen LogP contribution in [0, 0.1) is 11.8 Å². The first kappa shape index (κ1) is 28.2. The topological polar surface area (TPSA) is 137 Å². The second-order valence-corrected chi connectivity index (χ2v) is 9.56. The molecule has 1 aliphatic heterocycles. The van der Waals surface area contributed by atoms with Crippen molar-refractivity contribution in [2.75, 3.05) is 18.6 Å². The largest absolute Gasteiger partial charge is 0.480 e. The third-order valence-corrected chi connectivity index (χ3v) is 6.83. The summed E-state index contributed by atoms with van der Waals surface area (Å²) in [6.45, 7) is 8.22. The minimum atomic E-state index is -1.10. The Bertz CT molecular complexity index is 642. The lowest BCUT2D eigenvalue weighted by molar-refractivity contribution is -0.144. The standard InChI is InChI=1S/C22H40N4O5S/c1-6-13(3)17(25-19(27)15-9-8-11-23-15)21(29)24-16(10-12-32-5)20(28)26-18(22(30)31)14(4)7-2/h13-18,23H,6-12H2,1-5H3,(H,24,29)(H,25,27)(H,26,28)(H,30,31). The summed E-state index contributed by atoms with van der Waals surface area (Å²) in [7, 11) is 0. The van der Waals surface area contributed by atoms with Crippen LogP contribution in [0.15, 0.2) is 0 Å². The van der Waals surface area contributed by atoms with Crippen molar-refractivity contribution < 1.29 is 24.3 Å². The van der Waals surface area contributed by atoms with Crippen LogP contribution in [-0.2, 0) is 19.2 Å². The molecule has 0 radical (unpaired) electrons. The highest BCUT2D eigenvalue weighted by Gasteiger charge is 2.34. The van der Waals surface area contributed by atoms with Crippen molar-refractivity contribution in [2.45, 2.75) is 84.0 Å². The summed E-state index contributed by atoms with van der Waals surface area (Å²) in [5, 5.41) is 20.8. The molecule has 0 bridgehead atoms. The molecule has 9 nitrogen and oxygen atoms in total. The van der Waals surface area contributed by atoms with E-state index in [4.69, 9.17) is 0 Å². The van der Waals surface area contributed by atoms with E-state index < -0.39 is 35.9 Å². The number of amides is 3. The normalized spacial score (nSPS) is 20.5. The number of hydrogen-bond donors (Lipinski definition) is 5. The fraction of sp³-hybridized carbons (Fsp3) is 0.818. The quantitative estimate of drug-likeness (QED) is 0.255. The Labute approximate surface area is 195 Å². The molecule has 0 aliphatic carbocycles. The highest BCUT2D eigenvalue weighted by atomic mass is 32.2. The second-order valence-electron chi connectivity index (χ2n) is 8.57. The number of carbonyl (C=O) groups excluding carboxylic acids is 3. The van der Waals surface area contributed by atoms with Crippen LogP contribution in [0.2, 0.25) is 0 Å². The van der Waals surface area contributed by atoms with Gasteiger partial charge in [0.1, 0.15) is 18.1 Å². The van der Waals surface area contributed by atoms with Gasteiger partial charge in [-0.25, -0.2) is 4.79 Å². The lowest BCUT2D eigenvalue weighted by Crippen LogP contribution is -2.59. The molecule has 0 spiro atoms. The van der Waals surface area contributed by atoms with Gasteiger partial charge in [-0.15, -0.1) is 0 Å². The van der Waals surface area contributed by atoms with Crippen LogP contribution in [0.1, 0.15) is 59.8 Å². The Kier molecular flexibility index (Phi) is 12.7. The monoisotopic (exact) mass is 472 g/mol. The molecule has 32 heavy (non-hydrogen) atoms. The molecule has 1 heterocycles. The summed E-state index contributed by atoms with van der Waals surface area (Å²) < 4.78 is 0. The van der Waals surface area contributed by atoms with Gasteiger partial charge in [0.2, 0.25) is 17.7 Å². The number of nitrogens with one attached hydrogen (secondary N) is 4. The van der Waals surface area contributed by atoms with Gasteiger partial charge in [0, 0.05) is 0 Å². The van der Waals surface area contributed by atoms with Gasteiger partial charge in [0.05, 0.1) is 6.04 Å². The van der Waals surface area contributed by atoms with E-state index in [2.05, 4.69) is 21.3 Å². The first-order chi connectivity index (χ1) is 15.2. The minimum absolute atomic E-state index is 0.128. The fourth-order valence-corrected chi connectivity index (χ4v) is 4.04. The average molecular weight is 473 g/mol. The predicted molar refractivity (Wildman–Crippen MR) is 126 cm³/mol. The van der Waals surface area contributed by atoms with E-state index in [1.807, 2.05) is 27.0 Å². The van der Waals surface area contributed by atoms with Crippen LogP contribution in [0.5, 0.6) is 0 Å². The Hall–Kier alpha value is -1.81. The van der Waals surface area contributed by atoms with E-state index >= 15 is 0 Å². The van der Waals surface area contributed by atoms with Gasteiger partial charge in [-0.1, -0.05) is 40.5 Å². The zero-order valence-electron chi connectivity index (χ0n) is 19.9. The van der Waals surface area contributed by atoms with Gasteiger partial charge in [-0.2, -0.15) is 11.8 Å². The molecule has 184 valence electrons. The maximum Gasteiger partial charge on any atom is 0.326 e. The number of carboxylic acid groups (broad SMARTS) is 1. The number of rotatable bonds is 14. The maximum absolute atomic E-state index is 13.1. The lowest BCUT2D eigenvalue weighted by Gasteiger charge is -2.28. The van der Waals surface area contributed by atoms with Crippen molar-refractivity contribution in [3.63, 3.8) is 0 Å². The van der Waals surface area contributed by atoms with Gasteiger partial charge < -0.3 is 26.4 Å². The van der Waals surface area contributed by atoms with Crippen molar-refractivity contribution in [2.24, 2.45) is 11.8 Å². The van der Waals surface area contributed by atoms with Gasteiger partial charge in [0.25, 0.3) is 0 Å². The van der Waals surface area contributed by atoms with Crippen LogP contribution >= 0.6 is 11.8 Å². The molecule has 0 aromatic carbocycles. The molecule has 6 unspecified atom stereocenters. The van der Waals surface area contributed by atoms with E-state index in [0.29, 0.717) is 25.0 Å². The molecule has 3 amide bonds. The highest BCUT2D eigenvalue weighted by Crippen LogP contribution is 2.13. The van der Waals surface area contributed by atoms with Crippen LogP contribution in [0.3, 0.4) is 0 Å². The molecule has 6 atom stereocenters. The third kappa shape index (κ3) is 8.61. The number of carboxylic acids is 1. The second kappa shape index (κ2) is 14.4. The molecule has 0 saturated carbocycles. The van der Waals surface area contributed by atoms with Crippen molar-refractivity contribution in [3.05, 3.63) is 0 Å². The van der Waals surface area contributed by atoms with E-state index in [-0.39, 0.29) is 23.8 Å². The number of thioether (sulfide) groups is 1. The average Bonchev–Trinajstić information content (AvgIpc) is 3.31. The number of carbonyl (C=O) groups is 4. The summed E-state index contributed by atoms with van der Waals surface area (Å²) in [4.78, 5) is 50.3. The lowest BCUT2D eigenvalue weighted by atomic mass is 9.96. The Morgan fingerprint density at radius 3 is 2.12 bits per heavy atom. The molecule has 1 fully saturated rings. The number of aliphatic carboxylic acids is 1. The van der Waals surface area contributed by atoms with E-state index in [1.54, 1.807) is 6.92 Å². The van der Waals surface area contributed by atoms with Gasteiger partial charge in [-0.05, 0) is 49.7 Å². The Morgan fingerprint density at radius 1 is 1.00 bits per heavy atom. The van der Waals surface area contributed by atoms with Crippen LogP contribution in [0.25, 0.3) is 0 Å². The molecule has 0 aromatic rings. The fourth-order valence-electron chi connectivity index (χ4n) is 3.57. The molecule has 1 aliphatic rings. The summed E-state index contributed by atoms with van der Waals surface area (Å²) in [5.41, 5.74) is 0. The van der Waals surface area contributed by atoms with E-state index in [1.165, 1.54) is 11.8 Å². The predicted octanol–water partition coefficient (Wildman–Crippen LogP) is 1.12. The minimum Gasteiger partial charge on any atom is -0.480 e. The summed E-state index contributed by atoms with van der Waals surface area (Å²) >= 11 is 1.53. The van der Waals surface area contributed by atoms with Gasteiger partial charge in [-0.3, -0.25) is 14.4 Å². The SMILES string of the molecule is CCC(C)C(NC(=O)C(CCSC)NC(=O)C(NC(=O)C1CCCN1)C(C)CC)C(=O)O. The highest BCUT2D eigenvalue weighted by molar-refractivity contribution is 7.98. The van der Waals surface area contributed by atoms with Crippen molar-refractivity contribution in [1.29, 1.82) is 0 Å². The van der Waals surface area contributed by atoms with Crippen LogP contribution in [0.4, 0.5) is 0 Å². The molecular formula is C22H40N4O5S. The van der Waals surface area contributed by atoms with Crippen molar-refractivity contribution >= 4 is 35.5 Å². The van der Waals surface area contributed by atoms with Crippen LogP contribution in [-0.4, -0.2) is 71.5 Å². The first-order valence-electron chi connectivity index (χ1n) is 11.5. The summed E-state index contributed by atoms with van der Waals surface area (Å²) in [5.74, 6) is -2.02.